The van der Waals surface area contributed by atoms with Crippen LogP contribution in [0.25, 0.3) is 0 Å². The van der Waals surface area contributed by atoms with Crippen LogP contribution in [0.5, 0.6) is 0 Å². The van der Waals surface area contributed by atoms with E-state index in [0.717, 1.165) is 42.4 Å². The van der Waals surface area contributed by atoms with Crippen LogP contribution >= 0.6 is 34.7 Å². The quantitative estimate of drug-likeness (QED) is 0.907. The van der Waals surface area contributed by atoms with Gasteiger partial charge >= 0.3 is 0 Å². The number of thioether (sulfide) groups is 1. The lowest BCUT2D eigenvalue weighted by atomic mass is 9.90. The first kappa shape index (κ1) is 15.7. The zero-order chi connectivity index (χ0) is 14.7. The summed E-state index contributed by atoms with van der Waals surface area (Å²) in [6.45, 7) is 0.770. The summed E-state index contributed by atoms with van der Waals surface area (Å²) < 4.78 is 6.77. The van der Waals surface area contributed by atoms with Gasteiger partial charge in [0.05, 0.1) is 9.94 Å². The fourth-order valence-electron chi connectivity index (χ4n) is 3.04. The molecule has 3 heterocycles. The normalized spacial score (nSPS) is 28.9. The van der Waals surface area contributed by atoms with E-state index in [1.807, 2.05) is 23.9 Å². The Morgan fingerprint density at radius 1 is 1.52 bits per heavy atom. The molecule has 1 aromatic rings. The molecule has 1 amide bonds. The van der Waals surface area contributed by atoms with E-state index in [1.165, 1.54) is 10.6 Å². The van der Waals surface area contributed by atoms with Crippen LogP contribution in [0.4, 0.5) is 0 Å². The molecule has 6 heteroatoms. The van der Waals surface area contributed by atoms with Crippen molar-refractivity contribution in [3.8, 4) is 0 Å². The summed E-state index contributed by atoms with van der Waals surface area (Å²) in [6.07, 6.45) is 4.33. The highest BCUT2D eigenvalue weighted by Gasteiger charge is 2.40. The van der Waals surface area contributed by atoms with Crippen molar-refractivity contribution in [2.75, 3.05) is 18.1 Å². The molecule has 2 aliphatic rings. The van der Waals surface area contributed by atoms with E-state index < -0.39 is 0 Å². The number of amides is 1. The lowest BCUT2D eigenvalue weighted by Crippen LogP contribution is -2.48. The highest BCUT2D eigenvalue weighted by molar-refractivity contribution is 7.99. The first-order chi connectivity index (χ1) is 10.2. The van der Waals surface area contributed by atoms with Crippen molar-refractivity contribution in [3.63, 3.8) is 0 Å². The van der Waals surface area contributed by atoms with Gasteiger partial charge in [0.25, 0.3) is 0 Å². The molecule has 0 bridgehead atoms. The third kappa shape index (κ3) is 4.15. The Morgan fingerprint density at radius 2 is 2.43 bits per heavy atom. The summed E-state index contributed by atoms with van der Waals surface area (Å²) in [6, 6.07) is 4.16. The summed E-state index contributed by atoms with van der Waals surface area (Å²) in [7, 11) is 0. The first-order valence-corrected chi connectivity index (χ1v) is 9.75. The lowest BCUT2D eigenvalue weighted by Gasteiger charge is -2.38. The maximum atomic E-state index is 12.1. The molecule has 2 fully saturated rings. The van der Waals surface area contributed by atoms with Gasteiger partial charge in [-0.3, -0.25) is 4.79 Å². The molecule has 3 rings (SSSR count). The number of ether oxygens (including phenoxy) is 1. The Morgan fingerprint density at radius 3 is 3.14 bits per heavy atom. The number of carbonyl (C=O) groups excluding carboxylic acids is 1. The standard InChI is InChI=1S/C15H20ClNO2S2/c16-13-3-1-12(21-13)2-4-14(18)17-11-5-7-19-15(9-11)6-8-20-10-15/h1,3,11H,2,4-10H2,(H,17,18)/t11-,15+/m0/s1. The number of hydrogen-bond acceptors (Lipinski definition) is 4. The smallest absolute Gasteiger partial charge is 0.220 e. The second-order valence-corrected chi connectivity index (χ2v) is 8.70. The fraction of sp³-hybridized carbons (Fsp3) is 0.667. The predicted molar refractivity (Wildman–Crippen MR) is 89.4 cm³/mol. The van der Waals surface area contributed by atoms with Gasteiger partial charge in [0, 0.05) is 29.7 Å². The number of nitrogens with one attached hydrogen (secondary N) is 1. The molecule has 0 radical (unpaired) electrons. The van der Waals surface area contributed by atoms with Crippen LogP contribution in [0.1, 0.15) is 30.6 Å². The van der Waals surface area contributed by atoms with Gasteiger partial charge in [0.1, 0.15) is 0 Å². The van der Waals surface area contributed by atoms with Crippen molar-refractivity contribution >= 4 is 40.6 Å². The summed E-state index contributed by atoms with van der Waals surface area (Å²) in [5, 5.41) is 3.19. The summed E-state index contributed by atoms with van der Waals surface area (Å²) in [4.78, 5) is 13.3. The highest BCUT2D eigenvalue weighted by atomic mass is 35.5. The third-order valence-electron chi connectivity index (χ3n) is 4.15. The van der Waals surface area contributed by atoms with Crippen molar-refractivity contribution in [1.82, 2.24) is 5.32 Å². The van der Waals surface area contributed by atoms with Crippen LogP contribution in [-0.2, 0) is 16.0 Å². The minimum Gasteiger partial charge on any atom is -0.374 e. The Labute approximate surface area is 138 Å². The molecular formula is C15H20ClNO2S2. The van der Waals surface area contributed by atoms with Crippen LogP contribution in [-0.4, -0.2) is 35.7 Å². The summed E-state index contributed by atoms with van der Waals surface area (Å²) in [5.41, 5.74) is 0.0299. The van der Waals surface area contributed by atoms with Crippen LogP contribution in [0.15, 0.2) is 12.1 Å². The van der Waals surface area contributed by atoms with E-state index in [9.17, 15) is 4.79 Å². The van der Waals surface area contributed by atoms with Crippen LogP contribution in [0.2, 0.25) is 4.34 Å². The number of hydrogen-bond donors (Lipinski definition) is 1. The molecule has 0 saturated carbocycles. The Bertz CT molecular complexity index is 500. The topological polar surface area (TPSA) is 38.3 Å². The molecule has 2 atom stereocenters. The number of rotatable bonds is 4. The predicted octanol–water partition coefficient (Wildman–Crippen LogP) is 3.51. The van der Waals surface area contributed by atoms with Gasteiger partial charge in [-0.05, 0) is 43.6 Å². The summed E-state index contributed by atoms with van der Waals surface area (Å²) in [5.74, 6) is 2.40. The molecule has 0 aliphatic carbocycles. The Hall–Kier alpha value is -0.230. The second kappa shape index (κ2) is 6.90. The zero-order valence-electron chi connectivity index (χ0n) is 11.9. The number of halogens is 1. The van der Waals surface area contributed by atoms with Crippen LogP contribution in [0.3, 0.4) is 0 Å². The largest absolute Gasteiger partial charge is 0.374 e. The van der Waals surface area contributed by atoms with E-state index in [1.54, 1.807) is 11.3 Å². The van der Waals surface area contributed by atoms with Crippen molar-refractivity contribution in [3.05, 3.63) is 21.3 Å². The van der Waals surface area contributed by atoms with E-state index >= 15 is 0 Å². The average molecular weight is 346 g/mol. The molecule has 1 aromatic heterocycles. The summed E-state index contributed by atoms with van der Waals surface area (Å²) >= 11 is 9.42. The maximum Gasteiger partial charge on any atom is 0.220 e. The molecule has 1 N–H and O–H groups in total. The highest BCUT2D eigenvalue weighted by Crippen LogP contribution is 2.38. The second-order valence-electron chi connectivity index (χ2n) is 5.80. The van der Waals surface area contributed by atoms with Gasteiger partial charge < -0.3 is 10.1 Å². The number of carbonyl (C=O) groups is 1. The molecule has 0 aromatic carbocycles. The molecule has 2 aliphatic heterocycles. The van der Waals surface area contributed by atoms with Gasteiger partial charge in [-0.25, -0.2) is 0 Å². The van der Waals surface area contributed by atoms with Crippen molar-refractivity contribution in [2.45, 2.75) is 43.7 Å². The van der Waals surface area contributed by atoms with E-state index in [2.05, 4.69) is 5.32 Å². The van der Waals surface area contributed by atoms with Gasteiger partial charge in [-0.2, -0.15) is 11.8 Å². The average Bonchev–Trinajstić information content (AvgIpc) is 3.06. The Kier molecular flexibility index (Phi) is 5.15. The van der Waals surface area contributed by atoms with Gasteiger partial charge in [0.2, 0.25) is 5.91 Å². The fourth-order valence-corrected chi connectivity index (χ4v) is 5.50. The lowest BCUT2D eigenvalue weighted by molar-refractivity contribution is -0.124. The number of thiophene rings is 1. The molecule has 2 saturated heterocycles. The maximum absolute atomic E-state index is 12.1. The molecule has 3 nitrogen and oxygen atoms in total. The number of aryl methyl sites for hydroxylation is 1. The van der Waals surface area contributed by atoms with E-state index in [4.69, 9.17) is 16.3 Å². The SMILES string of the molecule is O=C(CCc1ccc(Cl)s1)N[C@H]1CCO[C@]2(CCSC2)C1. The van der Waals surface area contributed by atoms with E-state index in [0.29, 0.717) is 6.42 Å². The Balaban J connectivity index is 1.46. The van der Waals surface area contributed by atoms with Gasteiger partial charge in [0.15, 0.2) is 0 Å². The van der Waals surface area contributed by atoms with Crippen molar-refractivity contribution in [1.29, 1.82) is 0 Å². The van der Waals surface area contributed by atoms with Crippen LogP contribution in [0, 0.1) is 0 Å². The molecule has 1 spiro atoms. The van der Waals surface area contributed by atoms with E-state index in [-0.39, 0.29) is 17.6 Å². The molecule has 116 valence electrons. The molecular weight excluding hydrogens is 326 g/mol. The minimum atomic E-state index is 0.0299. The van der Waals surface area contributed by atoms with Crippen molar-refractivity contribution < 1.29 is 9.53 Å². The van der Waals surface area contributed by atoms with Crippen molar-refractivity contribution in [2.24, 2.45) is 0 Å². The minimum absolute atomic E-state index is 0.0299. The van der Waals surface area contributed by atoms with Gasteiger partial charge in [-0.1, -0.05) is 11.6 Å². The molecule has 21 heavy (non-hydrogen) atoms. The monoisotopic (exact) mass is 345 g/mol. The first-order valence-electron chi connectivity index (χ1n) is 7.41. The third-order valence-corrected chi connectivity index (χ3v) is 6.67. The molecule has 0 unspecified atom stereocenters. The van der Waals surface area contributed by atoms with Gasteiger partial charge in [-0.15, -0.1) is 11.3 Å². The van der Waals surface area contributed by atoms with Crippen LogP contribution < -0.4 is 5.32 Å². The zero-order valence-corrected chi connectivity index (χ0v) is 14.3.